The predicted molar refractivity (Wildman–Crippen MR) is 82.8 cm³/mol. The molecule has 2 heterocycles. The van der Waals surface area contributed by atoms with Crippen molar-refractivity contribution in [2.24, 2.45) is 0 Å². The minimum absolute atomic E-state index is 0.585. The SMILES string of the molecule is CCn1cc(CNn2c(C)n[nH]c2=S)c2ccccc21. The highest BCUT2D eigenvalue weighted by Crippen LogP contribution is 2.21. The number of nitrogens with zero attached hydrogens (tertiary/aromatic N) is 3. The van der Waals surface area contributed by atoms with Crippen LogP contribution in [-0.2, 0) is 13.1 Å². The van der Waals surface area contributed by atoms with E-state index in [-0.39, 0.29) is 0 Å². The van der Waals surface area contributed by atoms with Gasteiger partial charge in [-0.3, -0.25) is 5.10 Å². The lowest BCUT2D eigenvalue weighted by Crippen LogP contribution is -2.15. The van der Waals surface area contributed by atoms with Crippen molar-refractivity contribution in [1.29, 1.82) is 0 Å². The second-order valence-electron chi connectivity index (χ2n) is 4.70. The maximum Gasteiger partial charge on any atom is 0.214 e. The Morgan fingerprint density at radius 3 is 2.85 bits per heavy atom. The van der Waals surface area contributed by atoms with E-state index in [1.807, 2.05) is 6.92 Å². The van der Waals surface area contributed by atoms with Crippen molar-refractivity contribution in [3.63, 3.8) is 0 Å². The molecule has 0 radical (unpaired) electrons. The number of H-pyrrole nitrogens is 1. The minimum atomic E-state index is 0.585. The van der Waals surface area contributed by atoms with Crippen molar-refractivity contribution >= 4 is 23.1 Å². The quantitative estimate of drug-likeness (QED) is 0.725. The molecule has 0 saturated carbocycles. The Kier molecular flexibility index (Phi) is 3.31. The largest absolute Gasteiger partial charge is 0.347 e. The van der Waals surface area contributed by atoms with E-state index in [0.717, 1.165) is 12.4 Å². The molecule has 6 heteroatoms. The minimum Gasteiger partial charge on any atom is -0.347 e. The normalized spacial score (nSPS) is 11.1. The fraction of sp³-hybridized carbons (Fsp3) is 0.286. The molecule has 0 aliphatic carbocycles. The lowest BCUT2D eigenvalue weighted by molar-refractivity contribution is 0.774. The molecule has 0 unspecified atom stereocenters. The van der Waals surface area contributed by atoms with Crippen LogP contribution in [0.1, 0.15) is 18.3 Å². The third-order valence-electron chi connectivity index (χ3n) is 3.48. The van der Waals surface area contributed by atoms with Crippen LogP contribution in [-0.4, -0.2) is 19.4 Å². The Balaban J connectivity index is 1.94. The van der Waals surface area contributed by atoms with Gasteiger partial charge >= 0.3 is 0 Å². The number of aromatic nitrogens is 4. The van der Waals surface area contributed by atoms with Gasteiger partial charge in [-0.15, -0.1) is 0 Å². The first-order valence-corrected chi connectivity index (χ1v) is 7.06. The summed E-state index contributed by atoms with van der Waals surface area (Å²) in [6.07, 6.45) is 2.19. The molecular formula is C14H17N5S. The number of rotatable bonds is 4. The molecule has 1 aromatic carbocycles. The van der Waals surface area contributed by atoms with Crippen molar-refractivity contribution < 1.29 is 0 Å². The summed E-state index contributed by atoms with van der Waals surface area (Å²) in [7, 11) is 0. The van der Waals surface area contributed by atoms with Crippen LogP contribution < -0.4 is 5.43 Å². The molecule has 0 bridgehead atoms. The maximum atomic E-state index is 5.19. The molecule has 0 aliphatic rings. The fourth-order valence-corrected chi connectivity index (χ4v) is 2.69. The Morgan fingerprint density at radius 2 is 2.15 bits per heavy atom. The van der Waals surface area contributed by atoms with Gasteiger partial charge < -0.3 is 9.99 Å². The summed E-state index contributed by atoms with van der Waals surface area (Å²) in [5.41, 5.74) is 5.83. The summed E-state index contributed by atoms with van der Waals surface area (Å²) >= 11 is 5.19. The van der Waals surface area contributed by atoms with Crippen molar-refractivity contribution in [2.45, 2.75) is 26.9 Å². The van der Waals surface area contributed by atoms with Gasteiger partial charge in [-0.25, -0.2) is 4.68 Å². The number of hydrogen-bond acceptors (Lipinski definition) is 3. The van der Waals surface area contributed by atoms with Crippen molar-refractivity contribution in [2.75, 3.05) is 5.43 Å². The van der Waals surface area contributed by atoms with Gasteiger partial charge in [0.25, 0.3) is 0 Å². The summed E-state index contributed by atoms with van der Waals surface area (Å²) in [5.74, 6) is 0.828. The van der Waals surface area contributed by atoms with Gasteiger partial charge in [0, 0.05) is 23.6 Å². The fourth-order valence-electron chi connectivity index (χ4n) is 2.45. The van der Waals surface area contributed by atoms with E-state index in [0.29, 0.717) is 11.3 Å². The summed E-state index contributed by atoms with van der Waals surface area (Å²) in [6, 6.07) is 8.44. The van der Waals surface area contributed by atoms with Crippen LogP contribution in [0.2, 0.25) is 0 Å². The monoisotopic (exact) mass is 287 g/mol. The number of nitrogens with one attached hydrogen (secondary N) is 2. The molecular weight excluding hydrogens is 270 g/mol. The van der Waals surface area contributed by atoms with Gasteiger partial charge in [0.2, 0.25) is 4.77 Å². The first-order valence-electron chi connectivity index (χ1n) is 6.65. The van der Waals surface area contributed by atoms with E-state index >= 15 is 0 Å². The smallest absolute Gasteiger partial charge is 0.214 e. The molecule has 2 N–H and O–H groups in total. The van der Waals surface area contributed by atoms with Crippen molar-refractivity contribution in [1.82, 2.24) is 19.4 Å². The molecule has 0 aliphatic heterocycles. The van der Waals surface area contributed by atoms with Gasteiger partial charge in [0.15, 0.2) is 0 Å². The van der Waals surface area contributed by atoms with E-state index in [9.17, 15) is 0 Å². The van der Waals surface area contributed by atoms with Crippen LogP contribution in [0.4, 0.5) is 0 Å². The van der Waals surface area contributed by atoms with Gasteiger partial charge in [-0.1, -0.05) is 18.2 Å². The maximum absolute atomic E-state index is 5.19. The zero-order valence-corrected chi connectivity index (χ0v) is 12.4. The predicted octanol–water partition coefficient (Wildman–Crippen LogP) is 2.97. The highest BCUT2D eigenvalue weighted by Gasteiger charge is 2.07. The van der Waals surface area contributed by atoms with E-state index in [1.54, 1.807) is 4.68 Å². The molecule has 0 spiro atoms. The van der Waals surface area contributed by atoms with Crippen LogP contribution in [0.25, 0.3) is 10.9 Å². The third-order valence-corrected chi connectivity index (χ3v) is 3.75. The Bertz CT molecular complexity index is 795. The average Bonchev–Trinajstić information content (AvgIpc) is 2.98. The highest BCUT2D eigenvalue weighted by molar-refractivity contribution is 7.71. The van der Waals surface area contributed by atoms with Gasteiger partial charge in [0.1, 0.15) is 5.82 Å². The molecule has 20 heavy (non-hydrogen) atoms. The Hall–Kier alpha value is -2.08. The Labute approximate surface area is 122 Å². The standard InChI is InChI=1S/C14H17N5S/c1-3-18-9-11(12-6-4-5-7-13(12)18)8-15-19-10(2)16-17-14(19)20/h4-7,9,15H,3,8H2,1-2H3,(H,17,20). The van der Waals surface area contributed by atoms with E-state index in [1.165, 1.54) is 16.5 Å². The first kappa shape index (κ1) is 12.9. The lowest BCUT2D eigenvalue weighted by Gasteiger charge is -2.07. The van der Waals surface area contributed by atoms with E-state index in [4.69, 9.17) is 12.2 Å². The van der Waals surface area contributed by atoms with Gasteiger partial charge in [0.05, 0.1) is 6.54 Å². The van der Waals surface area contributed by atoms with Crippen LogP contribution in [0.3, 0.4) is 0 Å². The summed E-state index contributed by atoms with van der Waals surface area (Å²) in [5, 5.41) is 8.14. The van der Waals surface area contributed by atoms with Crippen molar-refractivity contribution in [3.8, 4) is 0 Å². The molecule has 5 nitrogen and oxygen atoms in total. The average molecular weight is 287 g/mol. The van der Waals surface area contributed by atoms with E-state index < -0.39 is 0 Å². The lowest BCUT2D eigenvalue weighted by atomic mass is 10.2. The summed E-state index contributed by atoms with van der Waals surface area (Å²) < 4.78 is 4.64. The molecule has 3 aromatic rings. The van der Waals surface area contributed by atoms with Crippen LogP contribution in [0.15, 0.2) is 30.5 Å². The molecule has 0 atom stereocenters. The summed E-state index contributed by atoms with van der Waals surface area (Å²) in [6.45, 7) is 5.74. The zero-order valence-electron chi connectivity index (χ0n) is 11.6. The first-order chi connectivity index (χ1) is 9.70. The van der Waals surface area contributed by atoms with Crippen molar-refractivity contribution in [3.05, 3.63) is 46.6 Å². The number of aromatic amines is 1. The highest BCUT2D eigenvalue weighted by atomic mass is 32.1. The molecule has 3 rings (SSSR count). The van der Waals surface area contributed by atoms with Crippen LogP contribution >= 0.6 is 12.2 Å². The number of benzene rings is 1. The van der Waals surface area contributed by atoms with Crippen LogP contribution in [0, 0.1) is 11.7 Å². The molecule has 104 valence electrons. The molecule has 0 amide bonds. The molecule has 2 aromatic heterocycles. The third kappa shape index (κ3) is 2.12. The van der Waals surface area contributed by atoms with Gasteiger partial charge in [-0.2, -0.15) is 5.10 Å². The number of hydrogen-bond donors (Lipinski definition) is 2. The molecule has 0 saturated heterocycles. The Morgan fingerprint density at radius 1 is 1.35 bits per heavy atom. The summed E-state index contributed by atoms with van der Waals surface area (Å²) in [4.78, 5) is 0. The van der Waals surface area contributed by atoms with Crippen LogP contribution in [0.5, 0.6) is 0 Å². The second-order valence-corrected chi connectivity index (χ2v) is 5.09. The van der Waals surface area contributed by atoms with Gasteiger partial charge in [-0.05, 0) is 37.7 Å². The number of aryl methyl sites for hydroxylation is 2. The van der Waals surface area contributed by atoms with E-state index in [2.05, 4.69) is 57.6 Å². The number of fused-ring (bicyclic) bond motifs is 1. The topological polar surface area (TPSA) is 50.6 Å². The zero-order chi connectivity index (χ0) is 14.1. The second kappa shape index (κ2) is 5.13. The molecule has 0 fully saturated rings. The number of para-hydroxylation sites is 1.